The second kappa shape index (κ2) is 5.36. The third-order valence-electron chi connectivity index (χ3n) is 6.32. The highest BCUT2D eigenvalue weighted by Gasteiger charge is 2.72. The minimum atomic E-state index is -2.58. The molecule has 140 valence electrons. The highest BCUT2D eigenvalue weighted by Crippen LogP contribution is 2.66. The third kappa shape index (κ3) is 2.55. The lowest BCUT2D eigenvalue weighted by Crippen LogP contribution is -2.20. The van der Waals surface area contributed by atoms with Crippen molar-refractivity contribution in [2.24, 2.45) is 23.7 Å². The van der Waals surface area contributed by atoms with Gasteiger partial charge in [-0.1, -0.05) is 0 Å². The first-order chi connectivity index (χ1) is 12.3. The topological polar surface area (TPSA) is 39.2 Å². The van der Waals surface area contributed by atoms with Crippen molar-refractivity contribution in [3.63, 3.8) is 0 Å². The number of thioether (sulfide) groups is 1. The van der Waals surface area contributed by atoms with E-state index in [9.17, 15) is 22.4 Å². The van der Waals surface area contributed by atoms with E-state index in [4.69, 9.17) is 4.74 Å². The molecule has 0 aromatic carbocycles. The fourth-order valence-corrected chi connectivity index (χ4v) is 6.04. The van der Waals surface area contributed by atoms with E-state index in [1.807, 2.05) is 0 Å². The van der Waals surface area contributed by atoms with Crippen LogP contribution in [0.3, 0.4) is 0 Å². The van der Waals surface area contributed by atoms with Crippen molar-refractivity contribution in [2.75, 3.05) is 0 Å². The van der Waals surface area contributed by atoms with Gasteiger partial charge in [0.2, 0.25) is 0 Å². The Morgan fingerprint density at radius 3 is 2.19 bits per heavy atom. The van der Waals surface area contributed by atoms with Gasteiger partial charge in [-0.25, -0.2) is 22.4 Å². The molecule has 1 aromatic heterocycles. The fourth-order valence-electron chi connectivity index (χ4n) is 4.73. The van der Waals surface area contributed by atoms with E-state index in [1.54, 1.807) is 12.3 Å². The van der Waals surface area contributed by atoms with Gasteiger partial charge < -0.3 is 4.74 Å². The number of esters is 1. The minimum Gasteiger partial charge on any atom is -0.459 e. The van der Waals surface area contributed by atoms with Crippen LogP contribution in [0.5, 0.6) is 0 Å². The monoisotopic (exact) mass is 387 g/mol. The van der Waals surface area contributed by atoms with Crippen LogP contribution in [0.1, 0.15) is 36.0 Å². The number of hydrogen-bond acceptors (Lipinski definition) is 4. The number of carbonyl (C=O) groups is 1. The number of hydrogen-bond donors (Lipinski definition) is 0. The van der Waals surface area contributed by atoms with Crippen LogP contribution in [-0.4, -0.2) is 34.2 Å². The van der Waals surface area contributed by atoms with Crippen LogP contribution in [0.2, 0.25) is 0 Å². The Morgan fingerprint density at radius 1 is 1.00 bits per heavy atom. The number of fused-ring (bicyclic) bond motifs is 2. The minimum absolute atomic E-state index is 0.113. The Balaban J connectivity index is 1.17. The molecule has 0 bridgehead atoms. The van der Waals surface area contributed by atoms with Crippen molar-refractivity contribution in [3.05, 3.63) is 24.0 Å². The number of nitrogens with zero attached hydrogens (tertiary/aromatic N) is 1. The molecule has 4 fully saturated rings. The predicted molar refractivity (Wildman–Crippen MR) is 85.4 cm³/mol. The molecule has 0 saturated heterocycles. The van der Waals surface area contributed by atoms with Gasteiger partial charge in [0.15, 0.2) is 0 Å². The number of aromatic nitrogens is 1. The lowest BCUT2D eigenvalue weighted by atomic mass is 10.2. The Labute approximate surface area is 151 Å². The SMILES string of the molecule is O=C(OC1CC2C(C1)C2(F)F)c1cncc(SC2CC3C(C2)C3(F)F)c1. The quantitative estimate of drug-likeness (QED) is 0.566. The molecule has 4 aliphatic rings. The summed E-state index contributed by atoms with van der Waals surface area (Å²) in [7, 11) is 0. The standard InChI is InChI=1S/C18H17F4NO2S/c19-17(20)12-2-9(3-13(12)17)25-16(24)8-1-11(7-23-6-8)26-10-4-14-15(5-10)18(14,21)22/h1,6-7,9-10,12-15H,2-5H2. The molecule has 4 saturated carbocycles. The number of alkyl halides is 4. The summed E-state index contributed by atoms with van der Waals surface area (Å²) in [5.41, 5.74) is 0.274. The van der Waals surface area contributed by atoms with Crippen molar-refractivity contribution < 1.29 is 27.1 Å². The first kappa shape index (κ1) is 16.8. The Kier molecular flexibility index (Phi) is 3.47. The third-order valence-corrected chi connectivity index (χ3v) is 7.54. The maximum atomic E-state index is 13.3. The summed E-state index contributed by atoms with van der Waals surface area (Å²) >= 11 is 1.46. The van der Waals surface area contributed by atoms with Gasteiger partial charge in [0.1, 0.15) is 6.10 Å². The molecule has 4 aliphatic carbocycles. The first-order valence-corrected chi connectivity index (χ1v) is 9.73. The second-order valence-corrected chi connectivity index (χ2v) is 9.27. The van der Waals surface area contributed by atoms with Crippen LogP contribution < -0.4 is 0 Å². The summed E-state index contributed by atoms with van der Waals surface area (Å²) in [6.07, 6.45) is 3.92. The van der Waals surface area contributed by atoms with E-state index in [-0.39, 0.29) is 23.7 Å². The van der Waals surface area contributed by atoms with Gasteiger partial charge in [0.05, 0.1) is 5.56 Å². The van der Waals surface area contributed by atoms with E-state index < -0.39 is 47.6 Å². The van der Waals surface area contributed by atoms with Crippen LogP contribution in [0.4, 0.5) is 17.6 Å². The summed E-state index contributed by atoms with van der Waals surface area (Å²) in [5.74, 6) is -7.91. The van der Waals surface area contributed by atoms with Gasteiger partial charge in [0, 0.05) is 46.2 Å². The van der Waals surface area contributed by atoms with Crippen molar-refractivity contribution in [2.45, 2.75) is 53.8 Å². The van der Waals surface area contributed by atoms with E-state index in [1.165, 1.54) is 18.0 Å². The molecular weight excluding hydrogens is 370 g/mol. The average molecular weight is 387 g/mol. The summed E-state index contributed by atoms with van der Waals surface area (Å²) < 4.78 is 58.3. The number of halogens is 4. The first-order valence-electron chi connectivity index (χ1n) is 8.85. The van der Waals surface area contributed by atoms with Crippen molar-refractivity contribution in [1.82, 2.24) is 4.98 Å². The van der Waals surface area contributed by atoms with Crippen LogP contribution >= 0.6 is 11.8 Å². The number of rotatable bonds is 4. The molecule has 26 heavy (non-hydrogen) atoms. The van der Waals surface area contributed by atoms with E-state index in [2.05, 4.69) is 4.98 Å². The average Bonchev–Trinajstić information content (AvgIpc) is 3.13. The number of carbonyl (C=O) groups excluding carboxylic acids is 1. The van der Waals surface area contributed by atoms with Gasteiger partial charge >= 0.3 is 5.97 Å². The molecule has 3 nitrogen and oxygen atoms in total. The highest BCUT2D eigenvalue weighted by atomic mass is 32.2. The van der Waals surface area contributed by atoms with Crippen LogP contribution in [0.25, 0.3) is 0 Å². The summed E-state index contributed by atoms with van der Waals surface area (Å²) in [5, 5.41) is 0.113. The van der Waals surface area contributed by atoms with Gasteiger partial charge in [-0.05, 0) is 31.7 Å². The van der Waals surface area contributed by atoms with E-state index in [0.29, 0.717) is 12.8 Å². The molecule has 5 rings (SSSR count). The molecule has 0 N–H and O–H groups in total. The van der Waals surface area contributed by atoms with Crippen LogP contribution in [0.15, 0.2) is 23.4 Å². The second-order valence-electron chi connectivity index (χ2n) is 7.89. The molecule has 0 spiro atoms. The molecule has 0 amide bonds. The molecule has 4 unspecified atom stereocenters. The Morgan fingerprint density at radius 2 is 1.58 bits per heavy atom. The molecule has 0 radical (unpaired) electrons. The van der Waals surface area contributed by atoms with Crippen molar-refractivity contribution >= 4 is 17.7 Å². The Hall–Kier alpha value is -1.31. The summed E-state index contributed by atoms with van der Waals surface area (Å²) in [4.78, 5) is 17.0. The normalized spacial score (nSPS) is 40.6. The number of pyridine rings is 1. The summed E-state index contributed by atoms with van der Waals surface area (Å²) in [6.45, 7) is 0. The fraction of sp³-hybridized carbons (Fsp3) is 0.667. The maximum Gasteiger partial charge on any atom is 0.340 e. The van der Waals surface area contributed by atoms with Gasteiger partial charge in [-0.15, -0.1) is 11.8 Å². The molecule has 1 heterocycles. The highest BCUT2D eigenvalue weighted by molar-refractivity contribution is 8.00. The lowest BCUT2D eigenvalue weighted by Gasteiger charge is -2.16. The summed E-state index contributed by atoms with van der Waals surface area (Å²) in [6, 6.07) is 1.65. The Bertz CT molecular complexity index is 745. The van der Waals surface area contributed by atoms with Gasteiger partial charge in [0.25, 0.3) is 11.8 Å². The largest absolute Gasteiger partial charge is 0.459 e. The van der Waals surface area contributed by atoms with E-state index >= 15 is 0 Å². The zero-order valence-electron chi connectivity index (χ0n) is 13.7. The van der Waals surface area contributed by atoms with Gasteiger partial charge in [-0.3, -0.25) is 4.98 Å². The smallest absolute Gasteiger partial charge is 0.340 e. The van der Waals surface area contributed by atoms with E-state index in [0.717, 1.165) is 4.90 Å². The molecule has 8 heteroatoms. The molecule has 4 atom stereocenters. The zero-order chi connectivity index (χ0) is 18.3. The van der Waals surface area contributed by atoms with Crippen molar-refractivity contribution in [3.8, 4) is 0 Å². The van der Waals surface area contributed by atoms with Gasteiger partial charge in [-0.2, -0.15) is 0 Å². The van der Waals surface area contributed by atoms with Crippen molar-refractivity contribution in [1.29, 1.82) is 0 Å². The zero-order valence-corrected chi connectivity index (χ0v) is 14.5. The predicted octanol–water partition coefficient (Wildman–Crippen LogP) is 4.42. The molecular formula is C18H17F4NO2S. The molecule has 1 aromatic rings. The lowest BCUT2D eigenvalue weighted by molar-refractivity contribution is 0.00723. The van der Waals surface area contributed by atoms with Crippen LogP contribution in [-0.2, 0) is 4.74 Å². The molecule has 0 aliphatic heterocycles. The number of ether oxygens (including phenoxy) is 1. The van der Waals surface area contributed by atoms with Crippen LogP contribution in [0, 0.1) is 23.7 Å². The maximum absolute atomic E-state index is 13.3.